The van der Waals surface area contributed by atoms with Gasteiger partial charge in [-0.1, -0.05) is 30.9 Å². The third-order valence-electron chi connectivity index (χ3n) is 4.75. The Kier molecular flexibility index (Phi) is 3.64. The van der Waals surface area contributed by atoms with Crippen LogP contribution >= 0.6 is 0 Å². The first-order valence-electron chi connectivity index (χ1n) is 7.62. The zero-order valence-electron chi connectivity index (χ0n) is 12.4. The van der Waals surface area contributed by atoms with E-state index in [1.807, 2.05) is 12.1 Å². The monoisotopic (exact) mass is 270 g/mol. The lowest BCUT2D eigenvalue weighted by molar-refractivity contribution is 0.0600. The van der Waals surface area contributed by atoms with Crippen molar-refractivity contribution in [3.63, 3.8) is 0 Å². The molecule has 1 aromatic rings. The van der Waals surface area contributed by atoms with Crippen molar-refractivity contribution in [2.75, 3.05) is 7.11 Å². The van der Waals surface area contributed by atoms with Crippen molar-refractivity contribution in [3.05, 3.63) is 40.5 Å². The molecule has 0 spiro atoms. The number of benzene rings is 1. The van der Waals surface area contributed by atoms with Crippen LogP contribution in [0.15, 0.2) is 23.8 Å². The number of hydrogen-bond donors (Lipinski definition) is 0. The Bertz CT molecular complexity index is 563. The van der Waals surface area contributed by atoms with Crippen LogP contribution in [-0.4, -0.2) is 13.1 Å². The van der Waals surface area contributed by atoms with Crippen molar-refractivity contribution in [1.29, 1.82) is 0 Å². The van der Waals surface area contributed by atoms with Gasteiger partial charge in [-0.05, 0) is 60.9 Å². The molecule has 2 aliphatic rings. The van der Waals surface area contributed by atoms with Crippen molar-refractivity contribution < 1.29 is 9.53 Å². The van der Waals surface area contributed by atoms with E-state index >= 15 is 0 Å². The summed E-state index contributed by atoms with van der Waals surface area (Å²) in [7, 11) is 1.44. The largest absolute Gasteiger partial charge is 0.465 e. The highest BCUT2D eigenvalue weighted by atomic mass is 16.5. The molecular weight excluding hydrogens is 248 g/mol. The van der Waals surface area contributed by atoms with Gasteiger partial charge in [0.05, 0.1) is 12.7 Å². The third kappa shape index (κ3) is 2.28. The number of fused-ring (bicyclic) bond motifs is 1. The quantitative estimate of drug-likeness (QED) is 0.745. The second kappa shape index (κ2) is 5.43. The van der Waals surface area contributed by atoms with Crippen LogP contribution in [0.2, 0.25) is 0 Å². The van der Waals surface area contributed by atoms with Crippen molar-refractivity contribution >= 4 is 11.5 Å². The molecule has 0 unspecified atom stereocenters. The van der Waals surface area contributed by atoms with Crippen LogP contribution in [0.3, 0.4) is 0 Å². The Morgan fingerprint density at radius 1 is 1.20 bits per heavy atom. The third-order valence-corrected chi connectivity index (χ3v) is 4.75. The van der Waals surface area contributed by atoms with Crippen molar-refractivity contribution in [1.82, 2.24) is 0 Å². The summed E-state index contributed by atoms with van der Waals surface area (Å²) in [6, 6.07) is 6.05. The number of esters is 1. The van der Waals surface area contributed by atoms with E-state index < -0.39 is 0 Å². The van der Waals surface area contributed by atoms with Gasteiger partial charge in [0.15, 0.2) is 0 Å². The van der Waals surface area contributed by atoms with Gasteiger partial charge >= 0.3 is 5.97 Å². The molecule has 20 heavy (non-hydrogen) atoms. The fraction of sp³-hybridized carbons (Fsp3) is 0.500. The summed E-state index contributed by atoms with van der Waals surface area (Å²) >= 11 is 0. The van der Waals surface area contributed by atoms with Crippen LogP contribution in [0.5, 0.6) is 0 Å². The fourth-order valence-corrected chi connectivity index (χ4v) is 3.82. The molecule has 1 aromatic carbocycles. The van der Waals surface area contributed by atoms with E-state index in [1.165, 1.54) is 55.9 Å². The smallest absolute Gasteiger partial charge is 0.337 e. The highest BCUT2D eigenvalue weighted by molar-refractivity contribution is 5.91. The summed E-state index contributed by atoms with van der Waals surface area (Å²) in [6.45, 7) is 2.25. The Hall–Kier alpha value is -1.57. The predicted octanol–water partition coefficient (Wildman–Crippen LogP) is 4.38. The Morgan fingerprint density at radius 2 is 1.95 bits per heavy atom. The van der Waals surface area contributed by atoms with Gasteiger partial charge in [0.25, 0.3) is 0 Å². The molecule has 3 rings (SSSR count). The van der Waals surface area contributed by atoms with Gasteiger partial charge < -0.3 is 4.74 Å². The summed E-state index contributed by atoms with van der Waals surface area (Å²) in [5.74, 6) is 0.491. The number of hydrogen-bond acceptors (Lipinski definition) is 2. The predicted molar refractivity (Wildman–Crippen MR) is 80.7 cm³/mol. The maximum absolute atomic E-state index is 11.6. The van der Waals surface area contributed by atoms with Gasteiger partial charge in [-0.15, -0.1) is 0 Å². The summed E-state index contributed by atoms with van der Waals surface area (Å²) in [6.07, 6.45) is 7.74. The first-order chi connectivity index (χ1) is 9.70. The Balaban J connectivity index is 1.92. The van der Waals surface area contributed by atoms with E-state index in [4.69, 9.17) is 4.74 Å². The molecule has 0 aromatic heterocycles. The van der Waals surface area contributed by atoms with E-state index in [0.29, 0.717) is 5.56 Å². The number of ether oxygens (including phenoxy) is 1. The van der Waals surface area contributed by atoms with Gasteiger partial charge in [0.2, 0.25) is 0 Å². The number of carbonyl (C=O) groups is 1. The highest BCUT2D eigenvalue weighted by Gasteiger charge is 2.27. The molecule has 1 fully saturated rings. The minimum Gasteiger partial charge on any atom is -0.465 e. The van der Waals surface area contributed by atoms with Gasteiger partial charge in [0, 0.05) is 0 Å². The maximum atomic E-state index is 11.6. The molecule has 0 atom stereocenters. The minimum absolute atomic E-state index is 0.239. The average Bonchev–Trinajstić information content (AvgIpc) is 2.82. The van der Waals surface area contributed by atoms with Crippen molar-refractivity contribution in [2.24, 2.45) is 5.92 Å². The topological polar surface area (TPSA) is 26.3 Å². The molecular formula is C18H22O2. The summed E-state index contributed by atoms with van der Waals surface area (Å²) in [5, 5.41) is 0. The van der Waals surface area contributed by atoms with E-state index in [9.17, 15) is 4.79 Å². The first kappa shape index (κ1) is 13.4. The summed E-state index contributed by atoms with van der Waals surface area (Å²) < 4.78 is 4.81. The van der Waals surface area contributed by atoms with E-state index in [-0.39, 0.29) is 5.97 Å². The van der Waals surface area contributed by atoms with Crippen LogP contribution in [0.4, 0.5) is 0 Å². The van der Waals surface area contributed by atoms with Crippen molar-refractivity contribution in [3.8, 4) is 0 Å². The Morgan fingerprint density at radius 3 is 2.65 bits per heavy atom. The standard InChI is InChI=1S/C18H22O2/c1-12-10-15-11-14(18(19)20-2)8-9-16(15)17(12)13-6-4-3-5-7-13/h8-9,11,13H,3-7,10H2,1-2H3. The SMILES string of the molecule is COC(=O)c1ccc2c(c1)CC(C)=C2C1CCCCC1. The van der Waals surface area contributed by atoms with Crippen LogP contribution in [0, 0.1) is 5.92 Å². The van der Waals surface area contributed by atoms with Crippen LogP contribution in [-0.2, 0) is 11.2 Å². The molecule has 0 radical (unpaired) electrons. The van der Waals surface area contributed by atoms with Gasteiger partial charge in [0.1, 0.15) is 0 Å². The molecule has 106 valence electrons. The minimum atomic E-state index is -0.239. The second-order valence-electron chi connectivity index (χ2n) is 6.07. The molecule has 0 aliphatic heterocycles. The lowest BCUT2D eigenvalue weighted by Crippen LogP contribution is -2.09. The second-order valence-corrected chi connectivity index (χ2v) is 6.07. The van der Waals surface area contributed by atoms with Gasteiger partial charge in [-0.3, -0.25) is 0 Å². The van der Waals surface area contributed by atoms with Crippen LogP contribution < -0.4 is 0 Å². The normalized spacial score (nSPS) is 19.1. The number of carbonyl (C=O) groups excluding carboxylic acids is 1. The highest BCUT2D eigenvalue weighted by Crippen LogP contribution is 2.43. The molecule has 2 nitrogen and oxygen atoms in total. The fourth-order valence-electron chi connectivity index (χ4n) is 3.82. The number of rotatable bonds is 2. The molecule has 2 heteroatoms. The molecule has 0 N–H and O–H groups in total. The molecule has 2 aliphatic carbocycles. The van der Waals surface area contributed by atoms with Gasteiger partial charge in [-0.25, -0.2) is 4.79 Å². The summed E-state index contributed by atoms with van der Waals surface area (Å²) in [5.41, 5.74) is 6.40. The first-order valence-corrected chi connectivity index (χ1v) is 7.62. The maximum Gasteiger partial charge on any atom is 0.337 e. The van der Waals surface area contributed by atoms with Crippen LogP contribution in [0.25, 0.3) is 5.57 Å². The van der Waals surface area contributed by atoms with Crippen LogP contribution in [0.1, 0.15) is 60.5 Å². The lowest BCUT2D eigenvalue weighted by atomic mass is 9.80. The van der Waals surface area contributed by atoms with Crippen molar-refractivity contribution in [2.45, 2.75) is 45.4 Å². The van der Waals surface area contributed by atoms with E-state index in [0.717, 1.165) is 12.3 Å². The molecule has 0 saturated heterocycles. The Labute approximate surface area is 120 Å². The zero-order chi connectivity index (χ0) is 14.1. The lowest BCUT2D eigenvalue weighted by Gasteiger charge is -2.24. The van der Waals surface area contributed by atoms with Gasteiger partial charge in [-0.2, -0.15) is 0 Å². The molecule has 1 saturated carbocycles. The van der Waals surface area contributed by atoms with E-state index in [1.54, 1.807) is 5.57 Å². The number of methoxy groups -OCH3 is 1. The average molecular weight is 270 g/mol. The molecule has 0 bridgehead atoms. The van der Waals surface area contributed by atoms with E-state index in [2.05, 4.69) is 13.0 Å². The number of allylic oxidation sites excluding steroid dienone is 2. The zero-order valence-corrected chi connectivity index (χ0v) is 12.4. The molecule has 0 heterocycles. The molecule has 0 amide bonds. The summed E-state index contributed by atoms with van der Waals surface area (Å²) in [4.78, 5) is 11.6.